The Kier molecular flexibility index (Phi) is 6.03. The van der Waals surface area contributed by atoms with Crippen molar-refractivity contribution in [2.75, 3.05) is 0 Å². The second-order valence-electron chi connectivity index (χ2n) is 9.26. The minimum atomic E-state index is -0.749. The predicted octanol–water partition coefficient (Wildman–Crippen LogP) is 5.90. The summed E-state index contributed by atoms with van der Waals surface area (Å²) < 4.78 is 5.96. The van der Waals surface area contributed by atoms with Crippen LogP contribution < -0.4 is 4.74 Å². The van der Waals surface area contributed by atoms with E-state index in [1.807, 2.05) is 43.6 Å². The summed E-state index contributed by atoms with van der Waals surface area (Å²) in [5, 5.41) is 9.11. The van der Waals surface area contributed by atoms with Crippen LogP contribution in [0.5, 0.6) is 5.75 Å². The average Bonchev–Trinajstić information content (AvgIpc) is 3.65. The molecule has 6 nitrogen and oxygen atoms in total. The van der Waals surface area contributed by atoms with Gasteiger partial charge in [0.1, 0.15) is 12.4 Å². The molecule has 2 aromatic carbocycles. The number of rotatable bonds is 7. The number of aromatic nitrogens is 3. The second kappa shape index (κ2) is 9.29. The van der Waals surface area contributed by atoms with Gasteiger partial charge in [-0.05, 0) is 90.9 Å². The molecule has 0 saturated heterocycles. The Balaban J connectivity index is 1.30. The van der Waals surface area contributed by atoms with Crippen molar-refractivity contribution in [3.05, 3.63) is 95.1 Å². The summed E-state index contributed by atoms with van der Waals surface area (Å²) in [6, 6.07) is 16.4. The second-order valence-corrected chi connectivity index (χ2v) is 9.26. The molecular weight excluding hydrogens is 438 g/mol. The van der Waals surface area contributed by atoms with E-state index in [0.29, 0.717) is 18.8 Å². The molecule has 35 heavy (non-hydrogen) atoms. The van der Waals surface area contributed by atoms with E-state index in [1.54, 1.807) is 6.20 Å². The van der Waals surface area contributed by atoms with E-state index in [9.17, 15) is 4.79 Å². The van der Waals surface area contributed by atoms with Gasteiger partial charge in [-0.1, -0.05) is 18.2 Å². The molecule has 6 heteroatoms. The Labute approximate surface area is 204 Å². The normalized spacial score (nSPS) is 16.7. The third-order valence-corrected chi connectivity index (χ3v) is 6.44. The number of carboxylic acids is 1. The van der Waals surface area contributed by atoms with E-state index in [0.717, 1.165) is 33.8 Å². The number of ether oxygens (including phenoxy) is 1. The molecule has 1 aliphatic rings. The summed E-state index contributed by atoms with van der Waals surface area (Å²) in [4.78, 5) is 24.4. The number of hydrogen-bond acceptors (Lipinski definition) is 5. The number of carbonyl (C=O) groups is 1. The number of hydrogen-bond donors (Lipinski definition) is 1. The third-order valence-electron chi connectivity index (χ3n) is 6.44. The zero-order valence-corrected chi connectivity index (χ0v) is 20.0. The molecule has 4 aromatic rings. The van der Waals surface area contributed by atoms with Gasteiger partial charge in [0.25, 0.3) is 0 Å². The molecule has 0 amide bonds. The van der Waals surface area contributed by atoms with Crippen molar-refractivity contribution in [3.8, 4) is 28.3 Å². The van der Waals surface area contributed by atoms with Gasteiger partial charge in [0.2, 0.25) is 0 Å². The van der Waals surface area contributed by atoms with E-state index < -0.39 is 5.97 Å². The standard InChI is InChI=1S/C29H27N3O3/c1-17-13-31-28(32-14-17)22-9-18(2)27(19(3)10-22)21-6-4-5-20(11-21)16-35-23-7-8-26(30-15-23)24-12-25(24)29(33)34/h4-11,13-15,24-25H,12,16H2,1-3H3,(H,33,34)/t24-,25-/m0/s1. The number of carboxylic acid groups (broad SMARTS) is 1. The first-order valence-corrected chi connectivity index (χ1v) is 11.7. The number of aliphatic carboxylic acids is 1. The van der Waals surface area contributed by atoms with Crippen LogP contribution in [0.2, 0.25) is 0 Å². The van der Waals surface area contributed by atoms with Crippen LogP contribution in [0.25, 0.3) is 22.5 Å². The summed E-state index contributed by atoms with van der Waals surface area (Å²) in [5.41, 5.74) is 8.61. The van der Waals surface area contributed by atoms with E-state index in [-0.39, 0.29) is 11.8 Å². The largest absolute Gasteiger partial charge is 0.487 e. The predicted molar refractivity (Wildman–Crippen MR) is 134 cm³/mol. The molecule has 2 atom stereocenters. The molecule has 1 aliphatic carbocycles. The van der Waals surface area contributed by atoms with Gasteiger partial charge in [-0.2, -0.15) is 0 Å². The van der Waals surface area contributed by atoms with Crippen molar-refractivity contribution < 1.29 is 14.6 Å². The fraction of sp³-hybridized carbons (Fsp3) is 0.241. The monoisotopic (exact) mass is 465 g/mol. The molecule has 0 radical (unpaired) electrons. The van der Waals surface area contributed by atoms with Gasteiger partial charge in [-0.15, -0.1) is 0 Å². The van der Waals surface area contributed by atoms with Crippen LogP contribution in [-0.2, 0) is 11.4 Å². The maximum Gasteiger partial charge on any atom is 0.307 e. The van der Waals surface area contributed by atoms with Crippen LogP contribution in [0.1, 0.15) is 40.3 Å². The lowest BCUT2D eigenvalue weighted by Crippen LogP contribution is -2.00. The lowest BCUT2D eigenvalue weighted by atomic mass is 9.92. The van der Waals surface area contributed by atoms with Crippen molar-refractivity contribution in [3.63, 3.8) is 0 Å². The lowest BCUT2D eigenvalue weighted by molar-refractivity contribution is -0.138. The van der Waals surface area contributed by atoms with E-state index in [1.165, 1.54) is 16.7 Å². The summed E-state index contributed by atoms with van der Waals surface area (Å²) in [6.45, 7) is 6.63. The summed E-state index contributed by atoms with van der Waals surface area (Å²) in [6.07, 6.45) is 6.02. The first kappa shape index (κ1) is 22.7. The molecule has 0 spiro atoms. The van der Waals surface area contributed by atoms with Gasteiger partial charge in [-0.3, -0.25) is 9.78 Å². The zero-order chi connectivity index (χ0) is 24.5. The molecule has 5 rings (SSSR count). The van der Waals surface area contributed by atoms with E-state index in [2.05, 4.69) is 53.1 Å². The topological polar surface area (TPSA) is 85.2 Å². The highest BCUT2D eigenvalue weighted by atomic mass is 16.5. The SMILES string of the molecule is Cc1cnc(-c2cc(C)c(-c3cccc(COc4ccc([C@H]5C[C@@H]5C(=O)O)nc4)c3)c(C)c2)nc1. The summed E-state index contributed by atoms with van der Waals surface area (Å²) in [5.74, 6) is 0.369. The molecule has 2 heterocycles. The molecule has 0 aliphatic heterocycles. The Morgan fingerprint density at radius 1 is 0.943 bits per heavy atom. The molecule has 1 fully saturated rings. The van der Waals surface area contributed by atoms with Gasteiger partial charge < -0.3 is 9.84 Å². The van der Waals surface area contributed by atoms with Crippen LogP contribution in [0.15, 0.2) is 67.1 Å². The highest BCUT2D eigenvalue weighted by Gasteiger charge is 2.45. The maximum atomic E-state index is 11.1. The van der Waals surface area contributed by atoms with Gasteiger partial charge in [-0.25, -0.2) is 9.97 Å². The highest BCUT2D eigenvalue weighted by Crippen LogP contribution is 2.46. The number of nitrogens with zero attached hydrogens (tertiary/aromatic N) is 3. The smallest absolute Gasteiger partial charge is 0.307 e. The van der Waals surface area contributed by atoms with Crippen LogP contribution in [-0.4, -0.2) is 26.0 Å². The lowest BCUT2D eigenvalue weighted by Gasteiger charge is -2.14. The number of benzene rings is 2. The highest BCUT2D eigenvalue weighted by molar-refractivity contribution is 5.76. The van der Waals surface area contributed by atoms with Crippen molar-refractivity contribution in [1.29, 1.82) is 0 Å². The van der Waals surface area contributed by atoms with Gasteiger partial charge in [0, 0.05) is 29.6 Å². The van der Waals surface area contributed by atoms with Gasteiger partial charge >= 0.3 is 5.97 Å². The zero-order valence-electron chi connectivity index (χ0n) is 20.0. The maximum absolute atomic E-state index is 11.1. The molecule has 0 unspecified atom stereocenters. The number of pyridine rings is 1. The van der Waals surface area contributed by atoms with Crippen molar-refractivity contribution in [2.24, 2.45) is 5.92 Å². The molecule has 176 valence electrons. The first-order chi connectivity index (χ1) is 16.9. The minimum absolute atomic E-state index is 0.0219. The summed E-state index contributed by atoms with van der Waals surface area (Å²) >= 11 is 0. The van der Waals surface area contributed by atoms with Crippen molar-refractivity contribution in [1.82, 2.24) is 15.0 Å². The first-order valence-electron chi connectivity index (χ1n) is 11.7. The Morgan fingerprint density at radius 3 is 2.31 bits per heavy atom. The van der Waals surface area contributed by atoms with Crippen LogP contribution in [0.3, 0.4) is 0 Å². The minimum Gasteiger partial charge on any atom is -0.487 e. The van der Waals surface area contributed by atoms with Crippen molar-refractivity contribution >= 4 is 5.97 Å². The fourth-order valence-electron chi connectivity index (χ4n) is 4.56. The number of aryl methyl sites for hydroxylation is 3. The Bertz CT molecular complexity index is 1360. The quantitative estimate of drug-likeness (QED) is 0.366. The van der Waals surface area contributed by atoms with Crippen molar-refractivity contribution in [2.45, 2.75) is 39.7 Å². The van der Waals surface area contributed by atoms with Crippen LogP contribution in [0.4, 0.5) is 0 Å². The molecule has 1 N–H and O–H groups in total. The third kappa shape index (κ3) is 4.92. The molecule has 1 saturated carbocycles. The Hall–Kier alpha value is -4.06. The van der Waals surface area contributed by atoms with E-state index >= 15 is 0 Å². The van der Waals surface area contributed by atoms with Gasteiger partial charge in [0.15, 0.2) is 5.82 Å². The molecular formula is C29H27N3O3. The van der Waals surface area contributed by atoms with E-state index in [4.69, 9.17) is 9.84 Å². The van der Waals surface area contributed by atoms with Crippen LogP contribution in [0, 0.1) is 26.7 Å². The summed E-state index contributed by atoms with van der Waals surface area (Å²) in [7, 11) is 0. The van der Waals surface area contributed by atoms with Crippen LogP contribution >= 0.6 is 0 Å². The van der Waals surface area contributed by atoms with Gasteiger partial charge in [0.05, 0.1) is 12.1 Å². The average molecular weight is 466 g/mol. The molecule has 0 bridgehead atoms. The Morgan fingerprint density at radius 2 is 1.69 bits per heavy atom. The fourth-order valence-corrected chi connectivity index (χ4v) is 4.56. The molecule has 2 aromatic heterocycles.